The van der Waals surface area contributed by atoms with Crippen LogP contribution < -0.4 is 16.0 Å². The first-order valence-corrected chi connectivity index (χ1v) is 6.76. The zero-order chi connectivity index (χ0) is 18.7. The largest absolute Gasteiger partial charge is 0.488 e. The molecule has 0 aliphatic rings. The van der Waals surface area contributed by atoms with Crippen LogP contribution in [0, 0.1) is 0 Å². The number of rotatable bonds is 6. The summed E-state index contributed by atoms with van der Waals surface area (Å²) in [5, 5.41) is 18.5. The van der Waals surface area contributed by atoms with Crippen molar-refractivity contribution in [2.24, 2.45) is 0 Å². The molecule has 0 radical (unpaired) electrons. The third kappa shape index (κ3) is 3.74. The lowest BCUT2D eigenvalue weighted by Gasteiger charge is -2.13. The average Bonchev–Trinajstić information content (AvgIpc) is 2.51. The summed E-state index contributed by atoms with van der Waals surface area (Å²) in [4.78, 5) is 36.7. The number of halogens is 2. The Hall–Kier alpha value is -3.43. The molecule has 5 N–H and O–H groups in total. The van der Waals surface area contributed by atoms with Gasteiger partial charge in [0.15, 0.2) is 0 Å². The van der Waals surface area contributed by atoms with Gasteiger partial charge in [-0.05, 0) is 17.7 Å². The monoisotopic (exact) mass is 354 g/mol. The Labute approximate surface area is 138 Å². The smallest absolute Gasteiger partial charge is 0.342 e. The van der Waals surface area contributed by atoms with Crippen LogP contribution in [0.25, 0.3) is 11.1 Å². The first kappa shape index (κ1) is 17.9. The third-order valence-electron chi connectivity index (χ3n) is 3.19. The van der Waals surface area contributed by atoms with Gasteiger partial charge in [0, 0.05) is 5.56 Å². The van der Waals surface area contributed by atoms with Gasteiger partial charge in [0.2, 0.25) is 0 Å². The van der Waals surface area contributed by atoms with Crippen molar-refractivity contribution in [1.82, 2.24) is 4.98 Å². The maximum absolute atomic E-state index is 12.1. The summed E-state index contributed by atoms with van der Waals surface area (Å²) in [5.74, 6) is -3.62. The quantitative estimate of drug-likeness (QED) is 0.618. The summed E-state index contributed by atoms with van der Waals surface area (Å²) in [6, 6.07) is 4.97. The van der Waals surface area contributed by atoms with Gasteiger partial charge < -0.3 is 25.7 Å². The van der Waals surface area contributed by atoms with Gasteiger partial charge in [-0.25, -0.2) is 18.4 Å². The maximum atomic E-state index is 12.1. The van der Waals surface area contributed by atoms with E-state index in [-0.39, 0.29) is 16.9 Å². The molecule has 0 spiro atoms. The Morgan fingerprint density at radius 1 is 1.12 bits per heavy atom. The minimum absolute atomic E-state index is 0.0528. The van der Waals surface area contributed by atoms with E-state index in [1.807, 2.05) is 4.98 Å². The van der Waals surface area contributed by atoms with Crippen molar-refractivity contribution in [2.75, 3.05) is 12.3 Å². The van der Waals surface area contributed by atoms with Crippen molar-refractivity contribution >= 4 is 17.8 Å². The van der Waals surface area contributed by atoms with E-state index in [1.165, 1.54) is 24.3 Å². The van der Waals surface area contributed by atoms with Gasteiger partial charge in [-0.15, -0.1) is 0 Å². The predicted molar refractivity (Wildman–Crippen MR) is 82.3 cm³/mol. The Morgan fingerprint density at radius 3 is 2.16 bits per heavy atom. The van der Waals surface area contributed by atoms with Crippen molar-refractivity contribution in [3.05, 3.63) is 45.7 Å². The van der Waals surface area contributed by atoms with E-state index in [0.717, 1.165) is 0 Å². The second-order valence-electron chi connectivity index (χ2n) is 4.83. The van der Waals surface area contributed by atoms with Gasteiger partial charge in [0.1, 0.15) is 29.3 Å². The van der Waals surface area contributed by atoms with Crippen LogP contribution in [0.3, 0.4) is 0 Å². The number of benzene rings is 1. The van der Waals surface area contributed by atoms with Crippen molar-refractivity contribution in [3.63, 3.8) is 0 Å². The molecule has 0 fully saturated rings. The molecular weight excluding hydrogens is 342 g/mol. The summed E-state index contributed by atoms with van der Waals surface area (Å²) in [6.45, 7) is -0.835. The number of carboxylic acids is 2. The molecule has 0 bridgehead atoms. The maximum Gasteiger partial charge on any atom is 0.342 e. The molecule has 1 aromatic carbocycles. The number of hydrogen-bond acceptors (Lipinski definition) is 5. The fourth-order valence-corrected chi connectivity index (χ4v) is 2.21. The number of nitrogen functional groups attached to an aromatic ring is 1. The van der Waals surface area contributed by atoms with E-state index >= 15 is 0 Å². The molecule has 10 heteroatoms. The van der Waals surface area contributed by atoms with Crippen LogP contribution in [0.2, 0.25) is 0 Å². The van der Waals surface area contributed by atoms with Crippen LogP contribution in [-0.4, -0.2) is 40.2 Å². The molecule has 2 rings (SSSR count). The fourth-order valence-electron chi connectivity index (χ4n) is 2.21. The van der Waals surface area contributed by atoms with Crippen molar-refractivity contribution in [1.29, 1.82) is 0 Å². The molecule has 0 unspecified atom stereocenters. The lowest BCUT2D eigenvalue weighted by Crippen LogP contribution is -2.24. The highest BCUT2D eigenvalue weighted by Gasteiger charge is 2.26. The van der Waals surface area contributed by atoms with Gasteiger partial charge in [0.25, 0.3) is 12.0 Å². The number of hydrogen-bond donors (Lipinski definition) is 4. The Morgan fingerprint density at radius 2 is 1.68 bits per heavy atom. The standard InChI is InChI=1S/C15H12F2N2O6/c16-8(17)5-25-7-3-1-6(2-4-7)9-10(14(21)22)12(18)19-13(20)11(9)15(23)24/h1-4,8H,5H2,(H,21,22)(H,23,24)(H3,18,19,20). The van der Waals surface area contributed by atoms with Gasteiger partial charge >= 0.3 is 11.9 Å². The van der Waals surface area contributed by atoms with E-state index < -0.39 is 47.5 Å². The summed E-state index contributed by atoms with van der Waals surface area (Å²) in [5.41, 5.74) is 2.72. The number of pyridine rings is 1. The molecule has 132 valence electrons. The number of aromatic nitrogens is 1. The molecule has 1 aromatic heterocycles. The number of carboxylic acid groups (broad SMARTS) is 2. The van der Waals surface area contributed by atoms with Crippen molar-refractivity contribution < 1.29 is 33.3 Å². The second-order valence-corrected chi connectivity index (χ2v) is 4.83. The topological polar surface area (TPSA) is 143 Å². The highest BCUT2D eigenvalue weighted by Crippen LogP contribution is 2.30. The summed E-state index contributed by atoms with van der Waals surface area (Å²) in [7, 11) is 0. The van der Waals surface area contributed by atoms with E-state index in [4.69, 9.17) is 10.5 Å². The molecule has 8 nitrogen and oxygen atoms in total. The lowest BCUT2D eigenvalue weighted by atomic mass is 9.95. The molecule has 0 atom stereocenters. The Balaban J connectivity index is 2.63. The molecule has 0 amide bonds. The number of H-pyrrole nitrogens is 1. The number of alkyl halides is 2. The Kier molecular flexibility index (Phi) is 5.01. The molecular formula is C15H12F2N2O6. The Bertz CT molecular complexity index is 877. The van der Waals surface area contributed by atoms with E-state index in [1.54, 1.807) is 0 Å². The first-order valence-electron chi connectivity index (χ1n) is 6.76. The van der Waals surface area contributed by atoms with Crippen molar-refractivity contribution in [2.45, 2.75) is 6.43 Å². The molecule has 2 aromatic rings. The van der Waals surface area contributed by atoms with Crippen LogP contribution in [0.15, 0.2) is 29.1 Å². The minimum atomic E-state index is -2.68. The van der Waals surface area contributed by atoms with Gasteiger partial charge in [-0.3, -0.25) is 4.79 Å². The average molecular weight is 354 g/mol. The van der Waals surface area contributed by atoms with E-state index in [9.17, 15) is 33.4 Å². The number of ether oxygens (including phenoxy) is 1. The first-order chi connectivity index (χ1) is 11.7. The summed E-state index contributed by atoms with van der Waals surface area (Å²) < 4.78 is 29.0. The lowest BCUT2D eigenvalue weighted by molar-refractivity contribution is 0.0695. The van der Waals surface area contributed by atoms with E-state index in [0.29, 0.717) is 0 Å². The molecule has 1 heterocycles. The molecule has 0 saturated heterocycles. The van der Waals surface area contributed by atoms with Crippen molar-refractivity contribution in [3.8, 4) is 16.9 Å². The molecule has 0 aliphatic heterocycles. The highest BCUT2D eigenvalue weighted by atomic mass is 19.3. The summed E-state index contributed by atoms with van der Waals surface area (Å²) >= 11 is 0. The van der Waals surface area contributed by atoms with Crippen LogP contribution >= 0.6 is 0 Å². The molecule has 0 aliphatic carbocycles. The van der Waals surface area contributed by atoms with Crippen LogP contribution in [0.1, 0.15) is 20.7 Å². The second kappa shape index (κ2) is 6.99. The predicted octanol–water partition coefficient (Wildman–Crippen LogP) is 1.66. The van der Waals surface area contributed by atoms with Crippen LogP contribution in [0.5, 0.6) is 5.75 Å². The number of aromatic carboxylic acids is 2. The third-order valence-corrected chi connectivity index (χ3v) is 3.19. The molecule has 0 saturated carbocycles. The van der Waals surface area contributed by atoms with Gasteiger partial charge in [-0.2, -0.15) is 0 Å². The number of nitrogens with one attached hydrogen (secondary N) is 1. The highest BCUT2D eigenvalue weighted by molar-refractivity contribution is 6.07. The van der Waals surface area contributed by atoms with Gasteiger partial charge in [-0.1, -0.05) is 12.1 Å². The summed E-state index contributed by atoms with van der Waals surface area (Å²) in [6.07, 6.45) is -2.68. The number of aromatic amines is 1. The zero-order valence-corrected chi connectivity index (χ0v) is 12.5. The molecule has 25 heavy (non-hydrogen) atoms. The fraction of sp³-hybridized carbons (Fsp3) is 0.133. The van der Waals surface area contributed by atoms with E-state index in [2.05, 4.69) is 0 Å². The minimum Gasteiger partial charge on any atom is -0.488 e. The SMILES string of the molecule is Nc1[nH]c(=O)c(C(=O)O)c(-c2ccc(OCC(F)F)cc2)c1C(=O)O. The van der Waals surface area contributed by atoms with Crippen LogP contribution in [-0.2, 0) is 0 Å². The number of carbonyl (C=O) groups is 2. The normalized spacial score (nSPS) is 10.7. The zero-order valence-electron chi connectivity index (χ0n) is 12.5. The number of anilines is 1. The van der Waals surface area contributed by atoms with Crippen LogP contribution in [0.4, 0.5) is 14.6 Å². The number of nitrogens with two attached hydrogens (primary N) is 1. The van der Waals surface area contributed by atoms with Gasteiger partial charge in [0.05, 0.1) is 0 Å².